The molecule has 2 aliphatic rings. The van der Waals surface area contributed by atoms with Gasteiger partial charge in [-0.25, -0.2) is 0 Å². The van der Waals surface area contributed by atoms with E-state index in [9.17, 15) is 0 Å². The molecule has 1 N–H and O–H groups in total. The molecule has 1 aromatic rings. The molecule has 0 saturated carbocycles. The Kier molecular flexibility index (Phi) is 4.99. The predicted octanol–water partition coefficient (Wildman–Crippen LogP) is 3.07. The topological polar surface area (TPSA) is 24.5 Å². The molecule has 1 saturated heterocycles. The fourth-order valence-electron chi connectivity index (χ4n) is 3.83. The number of fused-ring (bicyclic) bond motifs is 1. The summed E-state index contributed by atoms with van der Waals surface area (Å²) in [5.41, 5.74) is 1.86. The summed E-state index contributed by atoms with van der Waals surface area (Å²) < 4.78 is 5.85. The summed E-state index contributed by atoms with van der Waals surface area (Å²) in [6, 6.07) is 2.88. The van der Waals surface area contributed by atoms with Crippen molar-refractivity contribution in [1.29, 1.82) is 0 Å². The molecule has 2 atom stereocenters. The van der Waals surface area contributed by atoms with E-state index in [-0.39, 0.29) is 0 Å². The maximum Gasteiger partial charge on any atom is 0.0546 e. The van der Waals surface area contributed by atoms with E-state index in [4.69, 9.17) is 4.74 Å². The van der Waals surface area contributed by atoms with Gasteiger partial charge in [0.1, 0.15) is 0 Å². The number of ether oxygens (including phenoxy) is 1. The SMILES string of the molecule is CCNCC1(CN2CCc3sccc3C2C)CCCOC1. The molecular weight excluding hydrogens is 280 g/mol. The Balaban J connectivity index is 1.71. The molecule has 0 amide bonds. The van der Waals surface area contributed by atoms with E-state index in [2.05, 4.69) is 35.5 Å². The summed E-state index contributed by atoms with van der Waals surface area (Å²) in [6.45, 7) is 10.9. The van der Waals surface area contributed by atoms with Crippen molar-refractivity contribution in [2.24, 2.45) is 5.41 Å². The molecule has 0 aromatic carbocycles. The molecule has 0 spiro atoms. The van der Waals surface area contributed by atoms with E-state index in [0.29, 0.717) is 11.5 Å². The Morgan fingerprint density at radius 1 is 1.52 bits per heavy atom. The smallest absolute Gasteiger partial charge is 0.0546 e. The Labute approximate surface area is 132 Å². The van der Waals surface area contributed by atoms with Gasteiger partial charge in [-0.15, -0.1) is 11.3 Å². The number of rotatable bonds is 5. The molecule has 118 valence electrons. The average molecular weight is 308 g/mol. The van der Waals surface area contributed by atoms with Crippen LogP contribution in [0.4, 0.5) is 0 Å². The van der Waals surface area contributed by atoms with Crippen molar-refractivity contribution in [2.45, 2.75) is 39.2 Å². The Bertz CT molecular complexity index is 453. The van der Waals surface area contributed by atoms with Gasteiger partial charge < -0.3 is 10.1 Å². The van der Waals surface area contributed by atoms with Crippen molar-refractivity contribution in [3.05, 3.63) is 21.9 Å². The van der Waals surface area contributed by atoms with Gasteiger partial charge in [-0.2, -0.15) is 0 Å². The lowest BCUT2D eigenvalue weighted by Gasteiger charge is -2.44. The zero-order valence-electron chi connectivity index (χ0n) is 13.4. The fraction of sp³-hybridized carbons (Fsp3) is 0.765. The quantitative estimate of drug-likeness (QED) is 0.905. The fourth-order valence-corrected chi connectivity index (χ4v) is 4.79. The van der Waals surface area contributed by atoms with Gasteiger partial charge in [0.25, 0.3) is 0 Å². The minimum absolute atomic E-state index is 0.302. The van der Waals surface area contributed by atoms with Gasteiger partial charge in [-0.3, -0.25) is 4.90 Å². The third-order valence-corrected chi connectivity index (χ3v) is 6.09. The van der Waals surface area contributed by atoms with Crippen LogP contribution >= 0.6 is 11.3 Å². The first kappa shape index (κ1) is 15.5. The van der Waals surface area contributed by atoms with Gasteiger partial charge in [0.2, 0.25) is 0 Å². The maximum absolute atomic E-state index is 5.85. The van der Waals surface area contributed by atoms with Crippen LogP contribution in [0.5, 0.6) is 0 Å². The summed E-state index contributed by atoms with van der Waals surface area (Å²) in [7, 11) is 0. The molecule has 21 heavy (non-hydrogen) atoms. The van der Waals surface area contributed by atoms with Crippen molar-refractivity contribution in [2.75, 3.05) is 39.4 Å². The molecule has 2 unspecified atom stereocenters. The van der Waals surface area contributed by atoms with Crippen LogP contribution in [0.25, 0.3) is 0 Å². The van der Waals surface area contributed by atoms with Crippen LogP contribution in [0.15, 0.2) is 11.4 Å². The molecule has 1 fully saturated rings. The highest BCUT2D eigenvalue weighted by Crippen LogP contribution is 2.37. The second kappa shape index (κ2) is 6.78. The average Bonchev–Trinajstić information content (AvgIpc) is 2.99. The minimum atomic E-state index is 0.302. The molecule has 2 aliphatic heterocycles. The van der Waals surface area contributed by atoms with Crippen LogP contribution in [0.3, 0.4) is 0 Å². The molecule has 1 aromatic heterocycles. The summed E-state index contributed by atoms with van der Waals surface area (Å²) in [4.78, 5) is 4.28. The second-order valence-corrected chi connectivity index (χ2v) is 7.63. The molecule has 0 bridgehead atoms. The van der Waals surface area contributed by atoms with Crippen LogP contribution in [0.1, 0.15) is 43.2 Å². The first-order chi connectivity index (χ1) is 10.2. The lowest BCUT2D eigenvalue weighted by atomic mass is 9.80. The summed E-state index contributed by atoms with van der Waals surface area (Å²) in [5.74, 6) is 0. The molecule has 0 aliphatic carbocycles. The predicted molar refractivity (Wildman–Crippen MR) is 89.0 cm³/mol. The zero-order chi connectivity index (χ0) is 14.7. The van der Waals surface area contributed by atoms with Crippen molar-refractivity contribution in [1.82, 2.24) is 10.2 Å². The number of thiophene rings is 1. The summed E-state index contributed by atoms with van der Waals surface area (Å²) in [6.07, 6.45) is 3.71. The van der Waals surface area contributed by atoms with E-state index in [0.717, 1.165) is 32.8 Å². The monoisotopic (exact) mass is 308 g/mol. The highest BCUT2D eigenvalue weighted by atomic mass is 32.1. The summed E-state index contributed by atoms with van der Waals surface area (Å²) >= 11 is 1.93. The Morgan fingerprint density at radius 2 is 2.43 bits per heavy atom. The third-order valence-electron chi connectivity index (χ3n) is 5.10. The van der Waals surface area contributed by atoms with Crippen LogP contribution in [-0.2, 0) is 11.2 Å². The second-order valence-electron chi connectivity index (χ2n) is 6.63. The lowest BCUT2D eigenvalue weighted by molar-refractivity contribution is -0.0329. The van der Waals surface area contributed by atoms with Gasteiger partial charge in [0.15, 0.2) is 0 Å². The largest absolute Gasteiger partial charge is 0.381 e. The number of hydrogen-bond acceptors (Lipinski definition) is 4. The van der Waals surface area contributed by atoms with Crippen LogP contribution in [0, 0.1) is 5.41 Å². The third kappa shape index (κ3) is 3.34. The van der Waals surface area contributed by atoms with Crippen molar-refractivity contribution < 1.29 is 4.74 Å². The van der Waals surface area contributed by atoms with Crippen molar-refractivity contribution in [3.8, 4) is 0 Å². The normalized spacial score (nSPS) is 30.3. The first-order valence-corrected chi connectivity index (χ1v) is 9.21. The number of nitrogens with one attached hydrogen (secondary N) is 1. The molecule has 3 rings (SSSR count). The minimum Gasteiger partial charge on any atom is -0.381 e. The highest BCUT2D eigenvalue weighted by Gasteiger charge is 2.37. The highest BCUT2D eigenvalue weighted by molar-refractivity contribution is 7.10. The Morgan fingerprint density at radius 3 is 3.19 bits per heavy atom. The van der Waals surface area contributed by atoms with Crippen LogP contribution in [-0.4, -0.2) is 44.3 Å². The van der Waals surface area contributed by atoms with Crippen molar-refractivity contribution in [3.63, 3.8) is 0 Å². The molecular formula is C17H28N2OS. The number of hydrogen-bond donors (Lipinski definition) is 1. The van der Waals surface area contributed by atoms with Crippen LogP contribution < -0.4 is 5.32 Å². The molecule has 3 heterocycles. The van der Waals surface area contributed by atoms with E-state index < -0.39 is 0 Å². The zero-order valence-corrected chi connectivity index (χ0v) is 14.2. The lowest BCUT2D eigenvalue weighted by Crippen LogP contribution is -2.50. The summed E-state index contributed by atoms with van der Waals surface area (Å²) in [5, 5.41) is 5.83. The standard InChI is InChI=1S/C17H28N2OS/c1-3-18-11-17(7-4-9-20-13-17)12-19-8-5-16-15(14(19)2)6-10-21-16/h6,10,14,18H,3-5,7-9,11-13H2,1-2H3. The first-order valence-electron chi connectivity index (χ1n) is 8.33. The van der Waals surface area contributed by atoms with Crippen LogP contribution in [0.2, 0.25) is 0 Å². The van der Waals surface area contributed by atoms with Gasteiger partial charge in [0.05, 0.1) is 6.61 Å². The van der Waals surface area contributed by atoms with E-state index in [1.807, 2.05) is 11.3 Å². The molecule has 4 heteroatoms. The van der Waals surface area contributed by atoms with Crippen molar-refractivity contribution >= 4 is 11.3 Å². The van der Waals surface area contributed by atoms with Gasteiger partial charge in [-0.1, -0.05) is 6.92 Å². The Hall–Kier alpha value is -0.420. The van der Waals surface area contributed by atoms with E-state index in [1.54, 1.807) is 10.4 Å². The molecule has 0 radical (unpaired) electrons. The van der Waals surface area contributed by atoms with Gasteiger partial charge in [-0.05, 0) is 49.7 Å². The molecule has 3 nitrogen and oxygen atoms in total. The van der Waals surface area contributed by atoms with Gasteiger partial charge >= 0.3 is 0 Å². The van der Waals surface area contributed by atoms with Gasteiger partial charge in [0, 0.05) is 42.6 Å². The number of nitrogens with zero attached hydrogens (tertiary/aromatic N) is 1. The van der Waals surface area contributed by atoms with E-state index >= 15 is 0 Å². The van der Waals surface area contributed by atoms with E-state index in [1.165, 1.54) is 25.8 Å². The maximum atomic E-state index is 5.85.